The Morgan fingerprint density at radius 2 is 1.00 bits per heavy atom. The van der Waals surface area contributed by atoms with Crippen LogP contribution in [0.3, 0.4) is 0 Å². The van der Waals surface area contributed by atoms with Gasteiger partial charge in [-0.2, -0.15) is 8.78 Å². The fourth-order valence-corrected chi connectivity index (χ4v) is 15.5. The smallest absolute Gasteiger partial charge is 0.348 e. The van der Waals surface area contributed by atoms with Crippen molar-refractivity contribution in [3.05, 3.63) is 0 Å². The Hall–Kier alpha value is -2.40. The van der Waals surface area contributed by atoms with E-state index in [-0.39, 0.29) is 42.6 Å². The van der Waals surface area contributed by atoms with Gasteiger partial charge in [0.1, 0.15) is 0 Å². The van der Waals surface area contributed by atoms with Crippen LogP contribution in [0.25, 0.3) is 0 Å². The van der Waals surface area contributed by atoms with Crippen molar-refractivity contribution in [3.63, 3.8) is 0 Å². The van der Waals surface area contributed by atoms with Crippen LogP contribution >= 0.6 is 0 Å². The van der Waals surface area contributed by atoms with Gasteiger partial charge in [0, 0.05) is 17.8 Å². The molecular formula is C43H58F4O8. The summed E-state index contributed by atoms with van der Waals surface area (Å²) in [5.41, 5.74) is -2.38. The molecule has 8 nitrogen and oxygen atoms in total. The highest BCUT2D eigenvalue weighted by Crippen LogP contribution is 2.66. The third-order valence-corrected chi connectivity index (χ3v) is 16.5. The Bertz CT molecular complexity index is 1480. The quantitative estimate of drug-likeness (QED) is 0.0982. The molecule has 0 aliphatic heterocycles. The first-order valence-electron chi connectivity index (χ1n) is 21.4. The predicted octanol–water partition coefficient (Wildman–Crippen LogP) is 8.62. The average Bonchev–Trinajstić information content (AvgIpc) is 3.07. The standard InChI is InChI=1S/C43H58F4O8/c1-38(44,45)43(46,47)2-3-52-36(50)41-18-31-10-32(19-41)21-42(20-31,22-41)37(51)55-33(35(49)54-24-40-15-28-7-29(16-40)9-30(8-28)17-40)11-34(48)53-23-39-12-25-4-26(13-39)6-27(5-25)14-39/h25-33H,2-24H2,1H3. The fraction of sp³-hybridized carbons (Fsp3) is 0.907. The monoisotopic (exact) mass is 778 g/mol. The molecule has 12 aliphatic carbocycles. The van der Waals surface area contributed by atoms with E-state index in [0.29, 0.717) is 67.8 Å². The molecule has 3 atom stereocenters. The molecule has 12 rings (SSSR count). The maximum atomic E-state index is 14.4. The predicted molar refractivity (Wildman–Crippen MR) is 188 cm³/mol. The van der Waals surface area contributed by atoms with Gasteiger partial charge in [0.2, 0.25) is 6.10 Å². The highest BCUT2D eigenvalue weighted by atomic mass is 19.3. The average molecular weight is 779 g/mol. The normalized spacial score (nSPS) is 43.7. The third kappa shape index (κ3) is 7.11. The summed E-state index contributed by atoms with van der Waals surface area (Å²) in [6, 6.07) is 0. The number of alkyl halides is 4. The van der Waals surface area contributed by atoms with Crippen molar-refractivity contribution >= 4 is 23.9 Å². The molecule has 12 aliphatic rings. The Kier molecular flexibility index (Phi) is 9.23. The Morgan fingerprint density at radius 3 is 1.45 bits per heavy atom. The summed E-state index contributed by atoms with van der Waals surface area (Å²) < 4.78 is 78.1. The summed E-state index contributed by atoms with van der Waals surface area (Å²) in [5, 5.41) is 0. The zero-order valence-corrected chi connectivity index (χ0v) is 32.2. The van der Waals surface area contributed by atoms with E-state index in [1.54, 1.807) is 0 Å². The van der Waals surface area contributed by atoms with E-state index in [0.717, 1.165) is 44.9 Å². The molecule has 0 aromatic rings. The van der Waals surface area contributed by atoms with Gasteiger partial charge in [0.25, 0.3) is 0 Å². The van der Waals surface area contributed by atoms with E-state index in [2.05, 4.69) is 0 Å². The van der Waals surface area contributed by atoms with E-state index >= 15 is 0 Å². The molecule has 0 radical (unpaired) electrons. The van der Waals surface area contributed by atoms with E-state index in [1.807, 2.05) is 0 Å². The van der Waals surface area contributed by atoms with Crippen LogP contribution < -0.4 is 0 Å². The summed E-state index contributed by atoms with van der Waals surface area (Å²) in [6.45, 7) is -0.192. The van der Waals surface area contributed by atoms with Gasteiger partial charge < -0.3 is 18.9 Å². The summed E-state index contributed by atoms with van der Waals surface area (Å²) in [4.78, 5) is 55.6. The molecule has 0 saturated heterocycles. The topological polar surface area (TPSA) is 105 Å². The van der Waals surface area contributed by atoms with Crippen LogP contribution in [-0.2, 0) is 38.1 Å². The van der Waals surface area contributed by atoms with Crippen molar-refractivity contribution in [2.45, 2.75) is 153 Å². The van der Waals surface area contributed by atoms with Crippen LogP contribution in [0.1, 0.15) is 135 Å². The molecule has 12 heteroatoms. The summed E-state index contributed by atoms with van der Waals surface area (Å²) in [5.74, 6) is -7.43. The lowest BCUT2D eigenvalue weighted by molar-refractivity contribution is -0.212. The van der Waals surface area contributed by atoms with Gasteiger partial charge in [-0.15, -0.1) is 0 Å². The Balaban J connectivity index is 0.885. The SMILES string of the molecule is CC(F)(F)C(F)(F)CCOC(=O)C12CC3CC(C1)CC(C(=O)OC(CC(=O)OCC14CC5CC(CC(C5)C1)C4)C(=O)OCC14CC5CC(CC(C5)C1)C4)(C3)C2. The number of hydrogen-bond donors (Lipinski definition) is 0. The van der Waals surface area contributed by atoms with Crippen molar-refractivity contribution in [3.8, 4) is 0 Å². The van der Waals surface area contributed by atoms with Gasteiger partial charge in [0.05, 0.1) is 43.5 Å². The van der Waals surface area contributed by atoms with E-state index in [9.17, 15) is 36.7 Å². The van der Waals surface area contributed by atoms with Crippen LogP contribution in [0, 0.1) is 69.0 Å². The van der Waals surface area contributed by atoms with Gasteiger partial charge in [0.15, 0.2) is 0 Å². The van der Waals surface area contributed by atoms with Crippen molar-refractivity contribution < 1.29 is 55.7 Å². The van der Waals surface area contributed by atoms with Crippen LogP contribution in [0.2, 0.25) is 0 Å². The van der Waals surface area contributed by atoms with Crippen molar-refractivity contribution in [2.24, 2.45) is 69.0 Å². The second-order valence-corrected chi connectivity index (χ2v) is 21.2. The molecular weight excluding hydrogens is 720 g/mol. The number of halogens is 4. The first kappa shape index (κ1) is 38.1. The lowest BCUT2D eigenvalue weighted by atomic mass is 9.44. The maximum absolute atomic E-state index is 14.4. The highest BCUT2D eigenvalue weighted by molar-refractivity contribution is 5.87. The maximum Gasteiger partial charge on any atom is 0.348 e. The zero-order chi connectivity index (χ0) is 38.6. The third-order valence-electron chi connectivity index (χ3n) is 16.5. The minimum Gasteiger partial charge on any atom is -0.465 e. The van der Waals surface area contributed by atoms with Gasteiger partial charge in [-0.3, -0.25) is 14.4 Å². The minimum absolute atomic E-state index is 0.0228. The molecule has 0 aromatic carbocycles. The molecule has 55 heavy (non-hydrogen) atoms. The van der Waals surface area contributed by atoms with E-state index in [4.69, 9.17) is 18.9 Å². The van der Waals surface area contributed by atoms with Crippen LogP contribution in [0.15, 0.2) is 0 Å². The number of esters is 4. The van der Waals surface area contributed by atoms with Crippen LogP contribution in [-0.4, -0.2) is 61.6 Å². The Morgan fingerprint density at radius 1 is 0.582 bits per heavy atom. The fourth-order valence-electron chi connectivity index (χ4n) is 15.5. The Labute approximate surface area is 321 Å². The molecule has 0 aromatic heterocycles. The number of carbonyl (C=O) groups excluding carboxylic acids is 4. The lowest BCUT2D eigenvalue weighted by Crippen LogP contribution is -2.58. The molecule has 306 valence electrons. The molecule has 12 bridgehead atoms. The first-order chi connectivity index (χ1) is 25.9. The molecule has 12 fully saturated rings. The number of rotatable bonds is 14. The zero-order valence-electron chi connectivity index (χ0n) is 32.2. The number of hydrogen-bond acceptors (Lipinski definition) is 8. The lowest BCUT2D eigenvalue weighted by Gasteiger charge is -2.59. The van der Waals surface area contributed by atoms with E-state index < -0.39 is 72.1 Å². The number of carbonyl (C=O) groups is 4. The highest BCUT2D eigenvalue weighted by Gasteiger charge is 2.65. The molecule has 3 unspecified atom stereocenters. The minimum atomic E-state index is -4.34. The largest absolute Gasteiger partial charge is 0.465 e. The molecule has 0 heterocycles. The van der Waals surface area contributed by atoms with Crippen LogP contribution in [0.4, 0.5) is 17.6 Å². The first-order valence-corrected chi connectivity index (χ1v) is 21.4. The molecule has 0 amide bonds. The number of ether oxygens (including phenoxy) is 4. The molecule has 0 spiro atoms. The van der Waals surface area contributed by atoms with Crippen molar-refractivity contribution in [2.75, 3.05) is 19.8 Å². The van der Waals surface area contributed by atoms with Crippen LogP contribution in [0.5, 0.6) is 0 Å². The van der Waals surface area contributed by atoms with Gasteiger partial charge in [-0.25, -0.2) is 13.6 Å². The summed E-state index contributed by atoms with van der Waals surface area (Å²) in [6.07, 6.45) is 13.0. The second-order valence-electron chi connectivity index (χ2n) is 21.2. The van der Waals surface area contributed by atoms with Gasteiger partial charge in [-0.05, 0) is 163 Å². The van der Waals surface area contributed by atoms with Crippen molar-refractivity contribution in [1.82, 2.24) is 0 Å². The summed E-state index contributed by atoms with van der Waals surface area (Å²) in [7, 11) is 0. The molecule has 12 saturated carbocycles. The van der Waals surface area contributed by atoms with Gasteiger partial charge in [-0.1, -0.05) is 0 Å². The molecule has 0 N–H and O–H groups in total. The summed E-state index contributed by atoms with van der Waals surface area (Å²) >= 11 is 0. The van der Waals surface area contributed by atoms with Gasteiger partial charge >= 0.3 is 35.7 Å². The van der Waals surface area contributed by atoms with E-state index in [1.165, 1.54) is 38.5 Å². The second kappa shape index (κ2) is 13.3. The van der Waals surface area contributed by atoms with Crippen molar-refractivity contribution in [1.29, 1.82) is 0 Å².